The van der Waals surface area contributed by atoms with Gasteiger partial charge >= 0.3 is 0 Å². The zero-order valence-corrected chi connectivity index (χ0v) is 9.43. The summed E-state index contributed by atoms with van der Waals surface area (Å²) in [4.78, 5) is 12.6. The molecule has 0 spiro atoms. The van der Waals surface area contributed by atoms with Crippen LogP contribution in [0.25, 0.3) is 0 Å². The van der Waals surface area contributed by atoms with Crippen LogP contribution in [-0.2, 0) is 4.79 Å². The van der Waals surface area contributed by atoms with Crippen molar-refractivity contribution in [3.05, 3.63) is 29.8 Å². The van der Waals surface area contributed by atoms with Gasteiger partial charge in [0.2, 0.25) is 0 Å². The first kappa shape index (κ1) is 11.2. The van der Waals surface area contributed by atoms with Crippen LogP contribution in [0.5, 0.6) is 0 Å². The van der Waals surface area contributed by atoms with Crippen molar-refractivity contribution in [3.63, 3.8) is 0 Å². The summed E-state index contributed by atoms with van der Waals surface area (Å²) in [6, 6.07) is 8.17. The van der Waals surface area contributed by atoms with E-state index in [1.807, 2.05) is 12.1 Å². The van der Waals surface area contributed by atoms with Crippen molar-refractivity contribution in [2.24, 2.45) is 0 Å². The lowest BCUT2D eigenvalue weighted by molar-refractivity contribution is 0.331. The molecular formula is C12H17BN2O. The standard InChI is InChI=1S/C12H17BN2O/c14-12-3-1-10(2-4-12)11-5-7-15(8-6-11)13-9-16/h1-4,9,11,13H,5-8,14H2. The fourth-order valence-corrected chi connectivity index (χ4v) is 2.32. The lowest BCUT2D eigenvalue weighted by Gasteiger charge is -2.30. The number of carbonyl (C=O) groups is 1. The fraction of sp³-hybridized carbons (Fsp3) is 0.417. The van der Waals surface area contributed by atoms with E-state index in [9.17, 15) is 4.79 Å². The summed E-state index contributed by atoms with van der Waals surface area (Å²) in [5, 5.41) is 0. The number of carbonyl (C=O) groups excluding carboxylic acids is 1. The number of nitrogen functional groups attached to an aromatic ring is 1. The maximum atomic E-state index is 10.4. The molecule has 0 bridgehead atoms. The average molecular weight is 216 g/mol. The second-order valence-electron chi connectivity index (χ2n) is 4.41. The summed E-state index contributed by atoms with van der Waals surface area (Å²) < 4.78 is 0. The molecule has 0 atom stereocenters. The zero-order valence-electron chi connectivity index (χ0n) is 9.43. The molecule has 1 aliphatic rings. The van der Waals surface area contributed by atoms with Gasteiger partial charge in [-0.05, 0) is 49.5 Å². The highest BCUT2D eigenvalue weighted by Crippen LogP contribution is 2.27. The van der Waals surface area contributed by atoms with Gasteiger partial charge < -0.3 is 15.3 Å². The zero-order chi connectivity index (χ0) is 11.4. The van der Waals surface area contributed by atoms with Gasteiger partial charge in [0, 0.05) is 5.69 Å². The first-order valence-corrected chi connectivity index (χ1v) is 5.81. The SMILES string of the molecule is Nc1ccc(C2CCN(BC=O)CC2)cc1. The molecule has 2 N–H and O–H groups in total. The monoisotopic (exact) mass is 216 g/mol. The van der Waals surface area contributed by atoms with Crippen molar-refractivity contribution >= 4 is 19.3 Å². The number of benzene rings is 1. The minimum atomic E-state index is 0.578. The third kappa shape index (κ3) is 2.64. The molecule has 1 saturated heterocycles. The number of nitrogens with zero attached hydrogens (tertiary/aromatic N) is 1. The summed E-state index contributed by atoms with van der Waals surface area (Å²) >= 11 is 0. The molecule has 1 aromatic rings. The van der Waals surface area contributed by atoms with Gasteiger partial charge in [0.1, 0.15) is 0 Å². The lowest BCUT2D eigenvalue weighted by Crippen LogP contribution is -2.36. The smallest absolute Gasteiger partial charge is 0.281 e. The highest BCUT2D eigenvalue weighted by atomic mass is 16.1. The summed E-state index contributed by atoms with van der Waals surface area (Å²) in [6.07, 6.45) is 3.26. The molecule has 1 aromatic carbocycles. The van der Waals surface area contributed by atoms with Crippen molar-refractivity contribution in [2.75, 3.05) is 18.8 Å². The van der Waals surface area contributed by atoms with Crippen LogP contribution < -0.4 is 5.73 Å². The fourth-order valence-electron chi connectivity index (χ4n) is 2.32. The molecule has 0 radical (unpaired) electrons. The number of rotatable bonds is 3. The van der Waals surface area contributed by atoms with Crippen molar-refractivity contribution in [2.45, 2.75) is 18.8 Å². The van der Waals surface area contributed by atoms with Gasteiger partial charge in [-0.15, -0.1) is 0 Å². The number of piperidine rings is 1. The number of hydrogen-bond acceptors (Lipinski definition) is 3. The third-order valence-electron chi connectivity index (χ3n) is 3.33. The van der Waals surface area contributed by atoms with Gasteiger partial charge in [0.15, 0.2) is 0 Å². The highest BCUT2D eigenvalue weighted by molar-refractivity contribution is 6.64. The Morgan fingerprint density at radius 3 is 2.44 bits per heavy atom. The summed E-state index contributed by atoms with van der Waals surface area (Å²) in [5.74, 6) is 0.628. The Balaban J connectivity index is 1.93. The average Bonchev–Trinajstić information content (AvgIpc) is 2.32. The molecule has 0 amide bonds. The highest BCUT2D eigenvalue weighted by Gasteiger charge is 2.20. The van der Waals surface area contributed by atoms with E-state index < -0.39 is 0 Å². The molecule has 16 heavy (non-hydrogen) atoms. The van der Waals surface area contributed by atoms with Crippen LogP contribution in [0.15, 0.2) is 24.3 Å². The minimum Gasteiger partial charge on any atom is -0.399 e. The van der Waals surface area contributed by atoms with Crippen LogP contribution in [0, 0.1) is 0 Å². The number of anilines is 1. The molecule has 0 aromatic heterocycles. The van der Waals surface area contributed by atoms with E-state index in [0.717, 1.165) is 37.8 Å². The molecule has 1 fully saturated rings. The molecule has 0 saturated carbocycles. The van der Waals surface area contributed by atoms with Gasteiger partial charge in [0.25, 0.3) is 7.41 Å². The Labute approximate surface area is 96.9 Å². The molecule has 4 heteroatoms. The quantitative estimate of drug-likeness (QED) is 0.465. The maximum absolute atomic E-state index is 10.4. The van der Waals surface area contributed by atoms with Gasteiger partial charge in [0.05, 0.1) is 6.19 Å². The van der Waals surface area contributed by atoms with Crippen LogP contribution in [-0.4, -0.2) is 31.5 Å². The van der Waals surface area contributed by atoms with Crippen molar-refractivity contribution in [1.29, 1.82) is 0 Å². The van der Waals surface area contributed by atoms with E-state index in [2.05, 4.69) is 16.9 Å². The molecule has 0 aliphatic carbocycles. The Bertz CT molecular complexity index is 345. The first-order chi connectivity index (χ1) is 7.79. The van der Waals surface area contributed by atoms with Crippen LogP contribution in [0.4, 0.5) is 5.69 Å². The van der Waals surface area contributed by atoms with E-state index in [4.69, 9.17) is 5.73 Å². The molecule has 84 valence electrons. The summed E-state index contributed by atoms with van der Waals surface area (Å²) in [6.45, 7) is 2.04. The molecule has 1 aliphatic heterocycles. The van der Waals surface area contributed by atoms with E-state index in [0.29, 0.717) is 13.3 Å². The largest absolute Gasteiger partial charge is 0.399 e. The van der Waals surface area contributed by atoms with Crippen molar-refractivity contribution in [3.8, 4) is 0 Å². The topological polar surface area (TPSA) is 46.3 Å². The number of nitrogens with two attached hydrogens (primary N) is 1. The van der Waals surface area contributed by atoms with E-state index in [-0.39, 0.29) is 0 Å². The summed E-state index contributed by atoms with van der Waals surface area (Å²) in [5.41, 5.74) is 7.87. The van der Waals surface area contributed by atoms with Crippen LogP contribution in [0.1, 0.15) is 24.3 Å². The van der Waals surface area contributed by atoms with Crippen LogP contribution >= 0.6 is 0 Å². The predicted octanol–water partition coefficient (Wildman–Crippen LogP) is 0.990. The van der Waals surface area contributed by atoms with Crippen LogP contribution in [0.3, 0.4) is 0 Å². The van der Waals surface area contributed by atoms with Gasteiger partial charge in [-0.3, -0.25) is 0 Å². The second kappa shape index (κ2) is 5.17. The number of hydrogen-bond donors (Lipinski definition) is 1. The van der Waals surface area contributed by atoms with Crippen LogP contribution in [0.2, 0.25) is 0 Å². The Morgan fingerprint density at radius 2 is 1.88 bits per heavy atom. The molecular weight excluding hydrogens is 199 g/mol. The molecule has 1 heterocycles. The Kier molecular flexibility index (Phi) is 3.62. The van der Waals surface area contributed by atoms with Crippen molar-refractivity contribution < 1.29 is 4.79 Å². The Morgan fingerprint density at radius 1 is 1.25 bits per heavy atom. The lowest BCUT2D eigenvalue weighted by atomic mass is 9.84. The normalized spacial score (nSPS) is 18.2. The van der Waals surface area contributed by atoms with Gasteiger partial charge in [-0.25, -0.2) is 0 Å². The maximum Gasteiger partial charge on any atom is 0.281 e. The molecule has 0 unspecified atom stereocenters. The van der Waals surface area contributed by atoms with Gasteiger partial charge in [-0.1, -0.05) is 12.1 Å². The molecule has 3 nitrogen and oxygen atoms in total. The second-order valence-corrected chi connectivity index (χ2v) is 4.41. The third-order valence-corrected chi connectivity index (χ3v) is 3.33. The summed E-state index contributed by atoms with van der Waals surface area (Å²) in [7, 11) is 0.578. The van der Waals surface area contributed by atoms with E-state index in [1.54, 1.807) is 0 Å². The minimum absolute atomic E-state index is 0.578. The van der Waals surface area contributed by atoms with Gasteiger partial charge in [-0.2, -0.15) is 0 Å². The van der Waals surface area contributed by atoms with E-state index >= 15 is 0 Å². The van der Waals surface area contributed by atoms with Crippen molar-refractivity contribution in [1.82, 2.24) is 4.81 Å². The van der Waals surface area contributed by atoms with E-state index in [1.165, 1.54) is 5.56 Å². The first-order valence-electron chi connectivity index (χ1n) is 5.81. The predicted molar refractivity (Wildman–Crippen MR) is 68.3 cm³/mol. The Hall–Kier alpha value is -1.29. The molecule has 2 rings (SSSR count).